The fourth-order valence-electron chi connectivity index (χ4n) is 4.21. The summed E-state index contributed by atoms with van der Waals surface area (Å²) in [7, 11) is -3.28. The Labute approximate surface area is 218 Å². The number of ether oxygens (including phenoxy) is 1. The standard InChI is InChI=1S/C27H34N4O5S/c1-19(2)18-24(26(32)29-13-12-28)30-25(27(33)31-14-16-36-17-15-31)22-6-4-20(5-7-22)21-8-10-23(11-9-21)37(3,34)35/h4-11,19,24-25,30H,13-18H2,1-3H3,(H,29,32)/t24-,25-/m0/s1. The number of sulfone groups is 1. The zero-order valence-electron chi connectivity index (χ0n) is 21.4. The van der Waals surface area contributed by atoms with Crippen molar-refractivity contribution in [1.82, 2.24) is 15.5 Å². The highest BCUT2D eigenvalue weighted by atomic mass is 32.2. The summed E-state index contributed by atoms with van der Waals surface area (Å²) in [6.07, 6.45) is 1.66. The van der Waals surface area contributed by atoms with Gasteiger partial charge in [-0.3, -0.25) is 14.9 Å². The number of carbonyl (C=O) groups is 2. The van der Waals surface area contributed by atoms with Gasteiger partial charge in [0.1, 0.15) is 12.6 Å². The monoisotopic (exact) mass is 526 g/mol. The van der Waals surface area contributed by atoms with Gasteiger partial charge >= 0.3 is 0 Å². The van der Waals surface area contributed by atoms with Gasteiger partial charge in [-0.2, -0.15) is 5.26 Å². The van der Waals surface area contributed by atoms with Crippen molar-refractivity contribution in [2.24, 2.45) is 5.92 Å². The lowest BCUT2D eigenvalue weighted by Gasteiger charge is -2.33. The average molecular weight is 527 g/mol. The molecule has 1 fully saturated rings. The molecular weight excluding hydrogens is 492 g/mol. The van der Waals surface area contributed by atoms with Crippen LogP contribution in [0.2, 0.25) is 0 Å². The number of rotatable bonds is 10. The van der Waals surface area contributed by atoms with Crippen molar-refractivity contribution < 1.29 is 22.7 Å². The Balaban J connectivity index is 1.90. The first-order valence-corrected chi connectivity index (χ1v) is 14.2. The highest BCUT2D eigenvalue weighted by Gasteiger charge is 2.31. The maximum absolute atomic E-state index is 13.6. The van der Waals surface area contributed by atoms with E-state index in [-0.39, 0.29) is 29.2 Å². The van der Waals surface area contributed by atoms with E-state index < -0.39 is 21.9 Å². The van der Waals surface area contributed by atoms with Crippen LogP contribution in [0.4, 0.5) is 0 Å². The van der Waals surface area contributed by atoms with E-state index in [2.05, 4.69) is 10.6 Å². The highest BCUT2D eigenvalue weighted by Crippen LogP contribution is 2.25. The Hall–Kier alpha value is -3.26. The van der Waals surface area contributed by atoms with E-state index in [4.69, 9.17) is 10.00 Å². The number of morpholine rings is 1. The number of hydrogen-bond acceptors (Lipinski definition) is 7. The molecule has 198 valence electrons. The van der Waals surface area contributed by atoms with Crippen LogP contribution < -0.4 is 10.6 Å². The fraction of sp³-hybridized carbons (Fsp3) is 0.444. The van der Waals surface area contributed by atoms with E-state index in [1.165, 1.54) is 6.26 Å². The van der Waals surface area contributed by atoms with Gasteiger partial charge in [-0.1, -0.05) is 50.2 Å². The lowest BCUT2D eigenvalue weighted by atomic mass is 9.97. The van der Waals surface area contributed by atoms with Gasteiger partial charge in [0.2, 0.25) is 11.8 Å². The van der Waals surface area contributed by atoms with Crippen LogP contribution in [0.1, 0.15) is 31.9 Å². The average Bonchev–Trinajstić information content (AvgIpc) is 2.89. The van der Waals surface area contributed by atoms with E-state index >= 15 is 0 Å². The van der Waals surface area contributed by atoms with Crippen LogP contribution in [0, 0.1) is 17.2 Å². The number of nitrogens with zero attached hydrogens (tertiary/aromatic N) is 2. The number of carbonyl (C=O) groups excluding carboxylic acids is 2. The minimum Gasteiger partial charge on any atom is -0.378 e. The number of nitrogens with one attached hydrogen (secondary N) is 2. The number of benzene rings is 2. The molecule has 0 spiro atoms. The predicted molar refractivity (Wildman–Crippen MR) is 140 cm³/mol. The molecule has 1 saturated heterocycles. The predicted octanol–water partition coefficient (Wildman–Crippen LogP) is 2.30. The molecule has 2 amide bonds. The fourth-order valence-corrected chi connectivity index (χ4v) is 4.84. The Morgan fingerprint density at radius 2 is 1.59 bits per heavy atom. The van der Waals surface area contributed by atoms with Crippen LogP contribution in [0.3, 0.4) is 0 Å². The summed E-state index contributed by atoms with van der Waals surface area (Å²) in [5.41, 5.74) is 2.42. The molecule has 1 aliphatic heterocycles. The number of nitriles is 1. The molecule has 9 nitrogen and oxygen atoms in total. The van der Waals surface area contributed by atoms with Gasteiger partial charge in [-0.05, 0) is 41.2 Å². The molecule has 2 N–H and O–H groups in total. The van der Waals surface area contributed by atoms with Crippen LogP contribution in [0.25, 0.3) is 11.1 Å². The number of amides is 2. The molecule has 37 heavy (non-hydrogen) atoms. The van der Waals surface area contributed by atoms with Gasteiger partial charge in [0, 0.05) is 19.3 Å². The van der Waals surface area contributed by atoms with Crippen molar-refractivity contribution in [2.75, 3.05) is 39.1 Å². The first-order valence-electron chi connectivity index (χ1n) is 12.3. The van der Waals surface area contributed by atoms with Crippen molar-refractivity contribution in [3.05, 3.63) is 54.1 Å². The van der Waals surface area contributed by atoms with Gasteiger partial charge in [-0.15, -0.1) is 0 Å². The number of hydrogen-bond donors (Lipinski definition) is 2. The van der Waals surface area contributed by atoms with Crippen LogP contribution >= 0.6 is 0 Å². The van der Waals surface area contributed by atoms with E-state index in [1.807, 2.05) is 44.2 Å². The molecule has 10 heteroatoms. The molecule has 0 bridgehead atoms. The second-order valence-electron chi connectivity index (χ2n) is 9.51. The maximum Gasteiger partial charge on any atom is 0.244 e. The molecule has 0 radical (unpaired) electrons. The van der Waals surface area contributed by atoms with Crippen molar-refractivity contribution in [3.63, 3.8) is 0 Å². The molecule has 0 unspecified atom stereocenters. The summed E-state index contributed by atoms with van der Waals surface area (Å²) in [5.74, 6) is -0.283. The summed E-state index contributed by atoms with van der Waals surface area (Å²) in [6.45, 7) is 5.74. The second-order valence-corrected chi connectivity index (χ2v) is 11.5. The first-order chi connectivity index (χ1) is 17.6. The summed E-state index contributed by atoms with van der Waals surface area (Å²) in [6, 6.07) is 14.6. The molecule has 0 saturated carbocycles. The zero-order chi connectivity index (χ0) is 27.0. The smallest absolute Gasteiger partial charge is 0.244 e. The SMILES string of the molecule is CC(C)C[C@H](N[C@H](C(=O)N1CCOCC1)c1ccc(-c2ccc(S(C)(=O)=O)cc2)cc1)C(=O)NCC#N. The van der Waals surface area contributed by atoms with E-state index in [9.17, 15) is 18.0 Å². The molecule has 1 heterocycles. The topological polar surface area (TPSA) is 129 Å². The van der Waals surface area contributed by atoms with Crippen LogP contribution in [-0.2, 0) is 24.2 Å². The van der Waals surface area contributed by atoms with E-state index in [1.54, 1.807) is 29.2 Å². The van der Waals surface area contributed by atoms with Gasteiger partial charge in [0.15, 0.2) is 9.84 Å². The Morgan fingerprint density at radius 1 is 1.03 bits per heavy atom. The Morgan fingerprint density at radius 3 is 2.11 bits per heavy atom. The van der Waals surface area contributed by atoms with Crippen molar-refractivity contribution >= 4 is 21.7 Å². The van der Waals surface area contributed by atoms with E-state index in [0.717, 1.165) is 11.1 Å². The first kappa shape index (κ1) is 28.3. The third kappa shape index (κ3) is 7.86. The molecule has 0 aliphatic carbocycles. The second kappa shape index (κ2) is 12.8. The van der Waals surface area contributed by atoms with Gasteiger partial charge in [0.05, 0.1) is 30.2 Å². The third-order valence-electron chi connectivity index (χ3n) is 6.16. The summed E-state index contributed by atoms with van der Waals surface area (Å²) in [5, 5.41) is 14.8. The molecule has 2 atom stereocenters. The minimum absolute atomic E-state index is 0.107. The zero-order valence-corrected chi connectivity index (χ0v) is 22.3. The molecular formula is C27H34N4O5S. The Kier molecular flexibility index (Phi) is 9.80. The Bertz CT molecular complexity index is 1210. The molecule has 2 aromatic rings. The largest absolute Gasteiger partial charge is 0.378 e. The maximum atomic E-state index is 13.6. The van der Waals surface area contributed by atoms with Gasteiger partial charge in [0.25, 0.3) is 0 Å². The quantitative estimate of drug-likeness (QED) is 0.455. The lowest BCUT2D eigenvalue weighted by Crippen LogP contribution is -2.52. The molecule has 0 aromatic heterocycles. The van der Waals surface area contributed by atoms with Gasteiger partial charge in [-0.25, -0.2) is 8.42 Å². The van der Waals surface area contributed by atoms with E-state index in [0.29, 0.717) is 38.3 Å². The molecule has 1 aliphatic rings. The summed E-state index contributed by atoms with van der Waals surface area (Å²) >= 11 is 0. The third-order valence-corrected chi connectivity index (χ3v) is 7.29. The van der Waals surface area contributed by atoms with Crippen LogP contribution in [0.15, 0.2) is 53.4 Å². The van der Waals surface area contributed by atoms with Crippen LogP contribution in [-0.4, -0.2) is 70.3 Å². The van der Waals surface area contributed by atoms with Crippen molar-refractivity contribution in [3.8, 4) is 17.2 Å². The van der Waals surface area contributed by atoms with Crippen LogP contribution in [0.5, 0.6) is 0 Å². The molecule has 2 aromatic carbocycles. The molecule has 3 rings (SSSR count). The van der Waals surface area contributed by atoms with Crippen molar-refractivity contribution in [1.29, 1.82) is 5.26 Å². The summed E-state index contributed by atoms with van der Waals surface area (Å²) < 4.78 is 28.9. The minimum atomic E-state index is -3.28. The highest BCUT2D eigenvalue weighted by molar-refractivity contribution is 7.90. The van der Waals surface area contributed by atoms with Gasteiger partial charge < -0.3 is 15.0 Å². The van der Waals surface area contributed by atoms with Crippen molar-refractivity contribution in [2.45, 2.75) is 37.2 Å². The normalized spacial score (nSPS) is 15.6. The lowest BCUT2D eigenvalue weighted by molar-refractivity contribution is -0.138. The summed E-state index contributed by atoms with van der Waals surface area (Å²) in [4.78, 5) is 28.4.